The van der Waals surface area contributed by atoms with Crippen LogP contribution in [0.25, 0.3) is 0 Å². The molecule has 0 bridgehead atoms. The van der Waals surface area contributed by atoms with Gasteiger partial charge in [-0.25, -0.2) is 4.39 Å². The fraction of sp³-hybridized carbons (Fsp3) is 0.533. The van der Waals surface area contributed by atoms with Crippen LogP contribution >= 0.6 is 11.8 Å². The molecule has 112 valence electrons. The van der Waals surface area contributed by atoms with Crippen LogP contribution in [0.2, 0.25) is 0 Å². The number of benzene rings is 1. The summed E-state index contributed by atoms with van der Waals surface area (Å²) in [5.41, 5.74) is -0.839. The molecule has 0 saturated heterocycles. The highest BCUT2D eigenvalue weighted by Crippen LogP contribution is 2.18. The van der Waals surface area contributed by atoms with Crippen molar-refractivity contribution in [2.45, 2.75) is 43.6 Å². The summed E-state index contributed by atoms with van der Waals surface area (Å²) in [6.07, 6.45) is 1.92. The van der Waals surface area contributed by atoms with E-state index < -0.39 is 5.60 Å². The Balaban J connectivity index is 2.22. The quantitative estimate of drug-likeness (QED) is 0.726. The zero-order valence-electron chi connectivity index (χ0n) is 12.0. The van der Waals surface area contributed by atoms with Gasteiger partial charge in [-0.05, 0) is 37.6 Å². The molecule has 0 saturated carbocycles. The number of rotatable bonds is 8. The summed E-state index contributed by atoms with van der Waals surface area (Å²) in [4.78, 5) is 12.6. The lowest BCUT2D eigenvalue weighted by Crippen LogP contribution is -2.40. The van der Waals surface area contributed by atoms with Gasteiger partial charge in [-0.1, -0.05) is 13.3 Å². The Morgan fingerprint density at radius 3 is 2.65 bits per heavy atom. The Bertz CT molecular complexity index is 420. The van der Waals surface area contributed by atoms with Gasteiger partial charge < -0.3 is 10.4 Å². The van der Waals surface area contributed by atoms with Crippen LogP contribution in [-0.2, 0) is 4.79 Å². The number of halogens is 1. The van der Waals surface area contributed by atoms with Gasteiger partial charge in [-0.2, -0.15) is 0 Å². The normalized spacial score (nSPS) is 13.8. The molecule has 0 heterocycles. The minimum absolute atomic E-state index is 0.0732. The van der Waals surface area contributed by atoms with Crippen molar-refractivity contribution in [1.82, 2.24) is 5.32 Å². The Labute approximate surface area is 124 Å². The fourth-order valence-electron chi connectivity index (χ4n) is 1.80. The predicted octanol–water partition coefficient (Wildman–Crippen LogP) is 2.98. The van der Waals surface area contributed by atoms with E-state index in [0.29, 0.717) is 18.6 Å². The molecule has 0 radical (unpaired) electrons. The Morgan fingerprint density at radius 2 is 2.05 bits per heavy atom. The van der Waals surface area contributed by atoms with E-state index in [1.54, 1.807) is 19.1 Å². The lowest BCUT2D eigenvalue weighted by molar-refractivity contribution is -0.121. The van der Waals surface area contributed by atoms with Crippen LogP contribution in [0.4, 0.5) is 4.39 Å². The van der Waals surface area contributed by atoms with Crippen molar-refractivity contribution in [2.75, 3.05) is 12.3 Å². The Hall–Kier alpha value is -1.07. The molecule has 0 aliphatic heterocycles. The number of carbonyl (C=O) groups is 1. The standard InChI is InChI=1S/C15H22FNO2S/c1-3-9-15(2,19)11-17-14(18)8-10-20-13-6-4-12(16)5-7-13/h4-7,19H,3,8-11H2,1-2H3,(H,17,18). The fourth-order valence-corrected chi connectivity index (χ4v) is 2.65. The van der Waals surface area contributed by atoms with Crippen LogP contribution in [0, 0.1) is 5.82 Å². The summed E-state index contributed by atoms with van der Waals surface area (Å²) in [7, 11) is 0. The van der Waals surface area contributed by atoms with E-state index in [1.165, 1.54) is 23.9 Å². The molecule has 1 rings (SSSR count). The van der Waals surface area contributed by atoms with Crippen LogP contribution < -0.4 is 5.32 Å². The van der Waals surface area contributed by atoms with E-state index in [1.807, 2.05) is 6.92 Å². The maximum atomic E-state index is 12.7. The van der Waals surface area contributed by atoms with E-state index in [0.717, 1.165) is 11.3 Å². The SMILES string of the molecule is CCCC(C)(O)CNC(=O)CCSc1ccc(F)cc1. The van der Waals surface area contributed by atoms with Gasteiger partial charge in [0, 0.05) is 23.6 Å². The summed E-state index contributed by atoms with van der Waals surface area (Å²) in [5.74, 6) is 0.300. The predicted molar refractivity (Wildman–Crippen MR) is 80.3 cm³/mol. The van der Waals surface area contributed by atoms with Crippen LogP contribution in [0.1, 0.15) is 33.1 Å². The molecule has 20 heavy (non-hydrogen) atoms. The summed E-state index contributed by atoms with van der Waals surface area (Å²) >= 11 is 1.51. The van der Waals surface area contributed by atoms with Gasteiger partial charge in [-0.15, -0.1) is 11.8 Å². The first kappa shape index (κ1) is 17.0. The first-order valence-corrected chi connectivity index (χ1v) is 7.79. The zero-order valence-corrected chi connectivity index (χ0v) is 12.8. The van der Waals surface area contributed by atoms with E-state index >= 15 is 0 Å². The van der Waals surface area contributed by atoms with Crippen molar-refractivity contribution in [1.29, 1.82) is 0 Å². The highest BCUT2D eigenvalue weighted by molar-refractivity contribution is 7.99. The van der Waals surface area contributed by atoms with E-state index in [2.05, 4.69) is 5.32 Å². The molecule has 1 aromatic carbocycles. The van der Waals surface area contributed by atoms with Crippen molar-refractivity contribution >= 4 is 17.7 Å². The van der Waals surface area contributed by atoms with Gasteiger partial charge in [0.15, 0.2) is 0 Å². The van der Waals surface area contributed by atoms with Gasteiger partial charge in [0.1, 0.15) is 5.82 Å². The molecule has 5 heteroatoms. The second kappa shape index (κ2) is 8.27. The van der Waals surface area contributed by atoms with Gasteiger partial charge in [0.25, 0.3) is 0 Å². The topological polar surface area (TPSA) is 49.3 Å². The number of carbonyl (C=O) groups excluding carboxylic acids is 1. The minimum Gasteiger partial charge on any atom is -0.388 e. The third-order valence-corrected chi connectivity index (χ3v) is 3.88. The van der Waals surface area contributed by atoms with Crippen LogP contribution in [0.3, 0.4) is 0 Å². The lowest BCUT2D eigenvalue weighted by Gasteiger charge is -2.22. The molecule has 1 atom stereocenters. The van der Waals surface area contributed by atoms with E-state index in [-0.39, 0.29) is 18.3 Å². The zero-order chi connectivity index (χ0) is 15.0. The molecule has 1 amide bonds. The summed E-state index contributed by atoms with van der Waals surface area (Å²) in [6, 6.07) is 6.21. The third-order valence-electron chi connectivity index (χ3n) is 2.87. The molecule has 0 spiro atoms. The molecule has 0 fully saturated rings. The average Bonchev–Trinajstić information content (AvgIpc) is 2.39. The molecule has 3 nitrogen and oxygen atoms in total. The third kappa shape index (κ3) is 6.91. The number of hydrogen-bond donors (Lipinski definition) is 2. The van der Waals surface area contributed by atoms with Gasteiger partial charge in [0.2, 0.25) is 5.91 Å². The van der Waals surface area contributed by atoms with E-state index in [4.69, 9.17) is 0 Å². The summed E-state index contributed by atoms with van der Waals surface area (Å²) in [5, 5.41) is 12.7. The van der Waals surface area contributed by atoms with Gasteiger partial charge in [-0.3, -0.25) is 4.79 Å². The maximum absolute atomic E-state index is 12.7. The van der Waals surface area contributed by atoms with Gasteiger partial charge in [0.05, 0.1) is 5.60 Å². The first-order valence-electron chi connectivity index (χ1n) is 6.80. The smallest absolute Gasteiger partial charge is 0.220 e. The number of aliphatic hydroxyl groups is 1. The largest absolute Gasteiger partial charge is 0.388 e. The van der Waals surface area contributed by atoms with Gasteiger partial charge >= 0.3 is 0 Å². The second-order valence-corrected chi connectivity index (χ2v) is 6.24. The van der Waals surface area contributed by atoms with E-state index in [9.17, 15) is 14.3 Å². The Morgan fingerprint density at radius 1 is 1.40 bits per heavy atom. The molecule has 2 N–H and O–H groups in total. The van der Waals surface area contributed by atoms with Crippen LogP contribution in [0.15, 0.2) is 29.2 Å². The second-order valence-electron chi connectivity index (χ2n) is 5.08. The minimum atomic E-state index is -0.839. The number of thioether (sulfide) groups is 1. The maximum Gasteiger partial charge on any atom is 0.220 e. The first-order chi connectivity index (χ1) is 9.43. The van der Waals surface area contributed by atoms with Crippen molar-refractivity contribution in [3.63, 3.8) is 0 Å². The molecule has 0 aromatic heterocycles. The van der Waals surface area contributed by atoms with Crippen LogP contribution in [-0.4, -0.2) is 28.9 Å². The molecular formula is C15H22FNO2S. The summed E-state index contributed by atoms with van der Waals surface area (Å²) < 4.78 is 12.7. The molecule has 0 aliphatic carbocycles. The highest BCUT2D eigenvalue weighted by atomic mass is 32.2. The average molecular weight is 299 g/mol. The highest BCUT2D eigenvalue weighted by Gasteiger charge is 2.19. The van der Waals surface area contributed by atoms with Crippen molar-refractivity contribution in [3.05, 3.63) is 30.1 Å². The summed E-state index contributed by atoms with van der Waals surface area (Å²) in [6.45, 7) is 4.00. The Kier molecular flexibility index (Phi) is 7.02. The number of nitrogens with one attached hydrogen (secondary N) is 1. The van der Waals surface area contributed by atoms with Crippen LogP contribution in [0.5, 0.6) is 0 Å². The lowest BCUT2D eigenvalue weighted by atomic mass is 10.0. The number of amides is 1. The molecule has 1 aromatic rings. The molecule has 0 aliphatic rings. The molecular weight excluding hydrogens is 277 g/mol. The molecule has 1 unspecified atom stereocenters. The van der Waals surface area contributed by atoms with Crippen molar-refractivity contribution < 1.29 is 14.3 Å². The number of hydrogen-bond acceptors (Lipinski definition) is 3. The van der Waals surface area contributed by atoms with Crippen molar-refractivity contribution in [3.8, 4) is 0 Å². The van der Waals surface area contributed by atoms with Crippen molar-refractivity contribution in [2.24, 2.45) is 0 Å². The monoisotopic (exact) mass is 299 g/mol.